The second kappa shape index (κ2) is 5.15. The molecule has 88 valence electrons. The minimum Gasteiger partial charge on any atom is -0.496 e. The van der Waals surface area contributed by atoms with Crippen molar-refractivity contribution in [2.45, 2.75) is 16.7 Å². The highest BCUT2D eigenvalue weighted by Crippen LogP contribution is 2.35. The van der Waals surface area contributed by atoms with E-state index in [1.165, 1.54) is 5.56 Å². The first-order valence-electron chi connectivity index (χ1n) is 5.37. The third-order valence-corrected chi connectivity index (χ3v) is 3.47. The van der Waals surface area contributed by atoms with Gasteiger partial charge in [-0.05, 0) is 48.9 Å². The first kappa shape index (κ1) is 11.9. The lowest BCUT2D eigenvalue weighted by Crippen LogP contribution is -1.87. The molecule has 2 rings (SSSR count). The number of nitrogen functional groups attached to an aromatic ring is 1. The summed E-state index contributed by atoms with van der Waals surface area (Å²) >= 11 is 1.68. The third kappa shape index (κ3) is 2.94. The molecule has 0 saturated carbocycles. The zero-order valence-corrected chi connectivity index (χ0v) is 10.8. The molecule has 0 aliphatic rings. The molecule has 17 heavy (non-hydrogen) atoms. The van der Waals surface area contributed by atoms with Gasteiger partial charge in [0.05, 0.1) is 12.0 Å². The van der Waals surface area contributed by atoms with Gasteiger partial charge in [-0.2, -0.15) is 0 Å². The Kier molecular flexibility index (Phi) is 3.59. The lowest BCUT2D eigenvalue weighted by Gasteiger charge is -2.09. The van der Waals surface area contributed by atoms with Crippen molar-refractivity contribution >= 4 is 17.4 Å². The standard InChI is InChI=1S/C14H15NOS/c1-10-3-8-13(16-2)14(9-10)17-12-6-4-11(15)5-7-12/h3-9H,15H2,1-2H3. The summed E-state index contributed by atoms with van der Waals surface area (Å²) in [6.07, 6.45) is 0. The van der Waals surface area contributed by atoms with Crippen LogP contribution in [0.4, 0.5) is 5.69 Å². The van der Waals surface area contributed by atoms with Crippen LogP contribution in [0.3, 0.4) is 0 Å². The number of anilines is 1. The Hall–Kier alpha value is -1.61. The van der Waals surface area contributed by atoms with E-state index in [1.807, 2.05) is 36.4 Å². The lowest BCUT2D eigenvalue weighted by molar-refractivity contribution is 0.404. The molecular weight excluding hydrogens is 230 g/mol. The van der Waals surface area contributed by atoms with Gasteiger partial charge >= 0.3 is 0 Å². The summed E-state index contributed by atoms with van der Waals surface area (Å²) in [5.74, 6) is 0.900. The summed E-state index contributed by atoms with van der Waals surface area (Å²) in [4.78, 5) is 2.28. The van der Waals surface area contributed by atoms with Crippen LogP contribution in [0.5, 0.6) is 5.75 Å². The van der Waals surface area contributed by atoms with Crippen LogP contribution >= 0.6 is 11.8 Å². The van der Waals surface area contributed by atoms with E-state index in [1.54, 1.807) is 18.9 Å². The van der Waals surface area contributed by atoms with Crippen molar-refractivity contribution in [1.82, 2.24) is 0 Å². The Labute approximate surface area is 106 Å². The predicted molar refractivity (Wildman–Crippen MR) is 72.7 cm³/mol. The fourth-order valence-corrected chi connectivity index (χ4v) is 2.55. The minimum atomic E-state index is 0.783. The summed E-state index contributed by atoms with van der Waals surface area (Å²) in [5, 5.41) is 0. The molecule has 0 aromatic heterocycles. The zero-order chi connectivity index (χ0) is 12.3. The normalized spacial score (nSPS) is 10.2. The summed E-state index contributed by atoms with van der Waals surface area (Å²) in [7, 11) is 1.69. The van der Waals surface area contributed by atoms with Gasteiger partial charge in [-0.25, -0.2) is 0 Å². The number of aryl methyl sites for hydroxylation is 1. The average Bonchev–Trinajstić information content (AvgIpc) is 2.32. The lowest BCUT2D eigenvalue weighted by atomic mass is 10.2. The van der Waals surface area contributed by atoms with Gasteiger partial charge in [-0.1, -0.05) is 17.8 Å². The first-order valence-corrected chi connectivity index (χ1v) is 6.19. The maximum atomic E-state index is 5.67. The topological polar surface area (TPSA) is 35.2 Å². The number of hydrogen-bond acceptors (Lipinski definition) is 3. The molecule has 0 fully saturated rings. The van der Waals surface area contributed by atoms with Crippen LogP contribution < -0.4 is 10.5 Å². The van der Waals surface area contributed by atoms with Crippen molar-refractivity contribution in [3.05, 3.63) is 48.0 Å². The van der Waals surface area contributed by atoms with E-state index in [9.17, 15) is 0 Å². The van der Waals surface area contributed by atoms with Crippen LogP contribution in [0, 0.1) is 6.92 Å². The average molecular weight is 245 g/mol. The number of rotatable bonds is 3. The van der Waals surface area contributed by atoms with Crippen molar-refractivity contribution in [1.29, 1.82) is 0 Å². The molecule has 0 heterocycles. The molecule has 0 aliphatic carbocycles. The van der Waals surface area contributed by atoms with Gasteiger partial charge in [0, 0.05) is 10.6 Å². The van der Waals surface area contributed by atoms with Crippen LogP contribution in [-0.4, -0.2) is 7.11 Å². The fraction of sp³-hybridized carbons (Fsp3) is 0.143. The van der Waals surface area contributed by atoms with Crippen molar-refractivity contribution in [2.75, 3.05) is 12.8 Å². The highest BCUT2D eigenvalue weighted by Gasteiger charge is 2.05. The number of benzene rings is 2. The number of ether oxygens (including phenoxy) is 1. The van der Waals surface area contributed by atoms with Crippen LogP contribution in [0.15, 0.2) is 52.3 Å². The van der Waals surface area contributed by atoms with Crippen molar-refractivity contribution in [3.63, 3.8) is 0 Å². The molecule has 3 heteroatoms. The minimum absolute atomic E-state index is 0.783. The second-order valence-electron chi connectivity index (χ2n) is 3.83. The summed E-state index contributed by atoms with van der Waals surface area (Å²) in [6.45, 7) is 2.08. The Morgan fingerprint density at radius 2 is 1.76 bits per heavy atom. The van der Waals surface area contributed by atoms with Gasteiger partial charge in [-0.15, -0.1) is 0 Å². The molecule has 2 N–H and O–H groups in total. The molecule has 2 aromatic rings. The van der Waals surface area contributed by atoms with Gasteiger partial charge in [0.15, 0.2) is 0 Å². The molecule has 2 aromatic carbocycles. The van der Waals surface area contributed by atoms with Crippen molar-refractivity contribution in [3.8, 4) is 5.75 Å². The van der Waals surface area contributed by atoms with E-state index >= 15 is 0 Å². The molecule has 0 aliphatic heterocycles. The first-order chi connectivity index (χ1) is 8.19. The van der Waals surface area contributed by atoms with E-state index in [4.69, 9.17) is 10.5 Å². The molecule has 0 amide bonds. The van der Waals surface area contributed by atoms with Crippen molar-refractivity contribution in [2.24, 2.45) is 0 Å². The molecule has 0 saturated heterocycles. The summed E-state index contributed by atoms with van der Waals surface area (Å²) in [6, 6.07) is 14.0. The maximum Gasteiger partial charge on any atom is 0.132 e. The summed E-state index contributed by atoms with van der Waals surface area (Å²) < 4.78 is 5.35. The highest BCUT2D eigenvalue weighted by molar-refractivity contribution is 7.99. The van der Waals surface area contributed by atoms with Crippen LogP contribution in [0.1, 0.15) is 5.56 Å². The molecule has 0 radical (unpaired) electrons. The Morgan fingerprint density at radius 3 is 2.41 bits per heavy atom. The smallest absolute Gasteiger partial charge is 0.132 e. The number of nitrogens with two attached hydrogens (primary N) is 1. The number of methoxy groups -OCH3 is 1. The quantitative estimate of drug-likeness (QED) is 0.837. The van der Waals surface area contributed by atoms with Crippen LogP contribution in [-0.2, 0) is 0 Å². The molecule has 2 nitrogen and oxygen atoms in total. The molecule has 0 bridgehead atoms. The highest BCUT2D eigenvalue weighted by atomic mass is 32.2. The van der Waals surface area contributed by atoms with E-state index in [2.05, 4.69) is 13.0 Å². The Bertz CT molecular complexity index is 508. The van der Waals surface area contributed by atoms with E-state index in [0.29, 0.717) is 0 Å². The van der Waals surface area contributed by atoms with Crippen LogP contribution in [0.2, 0.25) is 0 Å². The van der Waals surface area contributed by atoms with E-state index in [-0.39, 0.29) is 0 Å². The van der Waals surface area contributed by atoms with Crippen LogP contribution in [0.25, 0.3) is 0 Å². The van der Waals surface area contributed by atoms with Crippen molar-refractivity contribution < 1.29 is 4.74 Å². The van der Waals surface area contributed by atoms with Gasteiger partial charge < -0.3 is 10.5 Å². The largest absolute Gasteiger partial charge is 0.496 e. The van der Waals surface area contributed by atoms with Gasteiger partial charge in [0.1, 0.15) is 5.75 Å². The van der Waals surface area contributed by atoms with E-state index < -0.39 is 0 Å². The predicted octanol–water partition coefficient (Wildman–Crippen LogP) is 3.74. The molecular formula is C14H15NOS. The van der Waals surface area contributed by atoms with E-state index in [0.717, 1.165) is 21.2 Å². The summed E-state index contributed by atoms with van der Waals surface area (Å²) in [5.41, 5.74) is 7.67. The zero-order valence-electron chi connectivity index (χ0n) is 9.94. The maximum absolute atomic E-state index is 5.67. The number of hydrogen-bond donors (Lipinski definition) is 1. The Morgan fingerprint density at radius 1 is 1.06 bits per heavy atom. The second-order valence-corrected chi connectivity index (χ2v) is 4.94. The molecule has 0 atom stereocenters. The van der Waals surface area contributed by atoms with Gasteiger partial charge in [0.25, 0.3) is 0 Å². The molecule has 0 spiro atoms. The van der Waals surface area contributed by atoms with Gasteiger partial charge in [-0.3, -0.25) is 0 Å². The third-order valence-electron chi connectivity index (χ3n) is 2.43. The fourth-order valence-electron chi connectivity index (χ4n) is 1.53. The SMILES string of the molecule is COc1ccc(C)cc1Sc1ccc(N)cc1. The Balaban J connectivity index is 2.28. The monoisotopic (exact) mass is 245 g/mol. The molecule has 0 unspecified atom stereocenters. The van der Waals surface area contributed by atoms with Gasteiger partial charge in [0.2, 0.25) is 0 Å².